The first-order chi connectivity index (χ1) is 11.6. The lowest BCUT2D eigenvalue weighted by molar-refractivity contribution is -0.119. The van der Waals surface area contributed by atoms with E-state index in [1.54, 1.807) is 0 Å². The number of nitrogens with one attached hydrogen (secondary N) is 3. The van der Waals surface area contributed by atoms with E-state index in [2.05, 4.69) is 66.2 Å². The minimum atomic E-state index is 0.0162. The van der Waals surface area contributed by atoms with Crippen LogP contribution in [-0.4, -0.2) is 25.5 Å². The first-order valence-electron chi connectivity index (χ1n) is 8.53. The number of hydrogen-bond donors (Lipinski definition) is 3. The monoisotopic (exact) mass is 323 g/mol. The van der Waals surface area contributed by atoms with E-state index >= 15 is 0 Å². The summed E-state index contributed by atoms with van der Waals surface area (Å²) in [6.07, 6.45) is 1.05. The quantitative estimate of drug-likeness (QED) is 0.793. The molecular formula is C20H25N3O. The van der Waals surface area contributed by atoms with Gasteiger partial charge in [0.2, 0.25) is 5.91 Å². The molecule has 0 saturated heterocycles. The molecule has 1 aliphatic heterocycles. The van der Waals surface area contributed by atoms with Crippen LogP contribution in [0.25, 0.3) is 0 Å². The van der Waals surface area contributed by atoms with E-state index in [-0.39, 0.29) is 11.9 Å². The van der Waals surface area contributed by atoms with E-state index in [9.17, 15) is 4.79 Å². The van der Waals surface area contributed by atoms with Gasteiger partial charge in [-0.05, 0) is 49.1 Å². The van der Waals surface area contributed by atoms with Gasteiger partial charge in [0.15, 0.2) is 0 Å². The van der Waals surface area contributed by atoms with Crippen LogP contribution in [0.15, 0.2) is 42.5 Å². The first-order valence-corrected chi connectivity index (χ1v) is 8.53. The maximum Gasteiger partial charge on any atom is 0.239 e. The van der Waals surface area contributed by atoms with E-state index in [0.29, 0.717) is 13.1 Å². The molecule has 2 aromatic carbocycles. The van der Waals surface area contributed by atoms with Gasteiger partial charge in [-0.3, -0.25) is 4.79 Å². The molecule has 3 rings (SSSR count). The number of rotatable bonds is 5. The average Bonchev–Trinajstić information content (AvgIpc) is 2.59. The Morgan fingerprint density at radius 2 is 1.88 bits per heavy atom. The first kappa shape index (κ1) is 16.5. The predicted octanol–water partition coefficient (Wildman–Crippen LogP) is 2.72. The van der Waals surface area contributed by atoms with Crippen LogP contribution in [0.1, 0.15) is 28.3 Å². The number of carbonyl (C=O) groups is 1. The normalized spacial score (nSPS) is 16.3. The number of carbonyl (C=O) groups excluding carboxylic acids is 1. The Bertz CT molecular complexity index is 706. The molecule has 1 unspecified atom stereocenters. The zero-order chi connectivity index (χ0) is 16.9. The molecule has 126 valence electrons. The van der Waals surface area contributed by atoms with Crippen LogP contribution in [0.3, 0.4) is 0 Å². The third kappa shape index (κ3) is 3.77. The van der Waals surface area contributed by atoms with Gasteiger partial charge in [-0.2, -0.15) is 0 Å². The van der Waals surface area contributed by atoms with E-state index in [0.717, 1.165) is 29.8 Å². The second kappa shape index (κ2) is 7.49. The van der Waals surface area contributed by atoms with Gasteiger partial charge in [0.25, 0.3) is 0 Å². The summed E-state index contributed by atoms with van der Waals surface area (Å²) in [6, 6.07) is 14.8. The van der Waals surface area contributed by atoms with Crippen LogP contribution in [0.5, 0.6) is 0 Å². The van der Waals surface area contributed by atoms with E-state index in [1.807, 2.05) is 6.07 Å². The lowest BCUT2D eigenvalue weighted by Crippen LogP contribution is -2.40. The van der Waals surface area contributed by atoms with Crippen LogP contribution in [-0.2, 0) is 11.2 Å². The molecule has 0 fully saturated rings. The number of hydrogen-bond acceptors (Lipinski definition) is 3. The molecule has 0 bridgehead atoms. The standard InChI is InChI=1S/C20H25N3O/c1-14-6-5-7-15(2)20(14)23-13-19(24)22-12-18-17-9-4-3-8-16(17)10-11-21-18/h3-9,18,21,23H,10-13H2,1-2H3,(H,22,24). The fourth-order valence-electron chi connectivity index (χ4n) is 3.32. The van der Waals surface area contributed by atoms with Crippen molar-refractivity contribution in [3.05, 3.63) is 64.7 Å². The summed E-state index contributed by atoms with van der Waals surface area (Å²) in [4.78, 5) is 12.2. The molecular weight excluding hydrogens is 298 g/mol. The molecule has 0 aromatic heterocycles. The topological polar surface area (TPSA) is 53.2 Å². The Hall–Kier alpha value is -2.33. The van der Waals surface area contributed by atoms with E-state index in [1.165, 1.54) is 11.1 Å². The molecule has 24 heavy (non-hydrogen) atoms. The summed E-state index contributed by atoms with van der Waals surface area (Å²) in [6.45, 7) is 5.97. The van der Waals surface area contributed by atoms with Crippen molar-refractivity contribution in [2.24, 2.45) is 0 Å². The highest BCUT2D eigenvalue weighted by Gasteiger charge is 2.19. The molecule has 1 atom stereocenters. The van der Waals surface area contributed by atoms with Crippen molar-refractivity contribution in [2.45, 2.75) is 26.3 Å². The Morgan fingerprint density at radius 1 is 1.12 bits per heavy atom. The van der Waals surface area contributed by atoms with Crippen molar-refractivity contribution in [3.63, 3.8) is 0 Å². The lowest BCUT2D eigenvalue weighted by Gasteiger charge is -2.27. The summed E-state index contributed by atoms with van der Waals surface area (Å²) in [5.41, 5.74) is 6.04. The molecule has 0 radical (unpaired) electrons. The van der Waals surface area contributed by atoms with Crippen LogP contribution < -0.4 is 16.0 Å². The highest BCUT2D eigenvalue weighted by atomic mass is 16.1. The predicted molar refractivity (Wildman–Crippen MR) is 98.3 cm³/mol. The van der Waals surface area contributed by atoms with Crippen LogP contribution in [0.4, 0.5) is 5.69 Å². The fraction of sp³-hybridized carbons (Fsp3) is 0.350. The van der Waals surface area contributed by atoms with Crippen molar-refractivity contribution in [2.75, 3.05) is 25.0 Å². The second-order valence-corrected chi connectivity index (χ2v) is 6.38. The molecule has 3 N–H and O–H groups in total. The highest BCUT2D eigenvalue weighted by molar-refractivity contribution is 5.81. The fourth-order valence-corrected chi connectivity index (χ4v) is 3.32. The molecule has 2 aromatic rings. The van der Waals surface area contributed by atoms with Crippen molar-refractivity contribution in [1.82, 2.24) is 10.6 Å². The maximum atomic E-state index is 12.2. The number of benzene rings is 2. The summed E-state index contributed by atoms with van der Waals surface area (Å²) in [7, 11) is 0. The van der Waals surface area contributed by atoms with Crippen molar-refractivity contribution in [1.29, 1.82) is 0 Å². The van der Waals surface area contributed by atoms with Gasteiger partial charge < -0.3 is 16.0 Å². The Labute approximate surface area is 143 Å². The minimum Gasteiger partial charge on any atom is -0.376 e. The third-order valence-electron chi connectivity index (χ3n) is 4.63. The highest BCUT2D eigenvalue weighted by Crippen LogP contribution is 2.22. The average molecular weight is 323 g/mol. The number of aryl methyl sites for hydroxylation is 2. The lowest BCUT2D eigenvalue weighted by atomic mass is 9.94. The zero-order valence-electron chi connectivity index (χ0n) is 14.4. The Kier molecular flexibility index (Phi) is 5.16. The molecule has 1 amide bonds. The van der Waals surface area contributed by atoms with Gasteiger partial charge in [0.05, 0.1) is 6.54 Å². The number of anilines is 1. The molecule has 0 saturated carbocycles. The van der Waals surface area contributed by atoms with Gasteiger partial charge in [-0.15, -0.1) is 0 Å². The number of amides is 1. The molecule has 1 heterocycles. The minimum absolute atomic E-state index is 0.0162. The summed E-state index contributed by atoms with van der Waals surface area (Å²) in [5.74, 6) is 0.0162. The van der Waals surface area contributed by atoms with Gasteiger partial charge in [-0.1, -0.05) is 42.5 Å². The molecule has 0 aliphatic carbocycles. The largest absolute Gasteiger partial charge is 0.376 e. The van der Waals surface area contributed by atoms with Gasteiger partial charge in [-0.25, -0.2) is 0 Å². The Balaban J connectivity index is 1.53. The van der Waals surface area contributed by atoms with E-state index in [4.69, 9.17) is 0 Å². The maximum absolute atomic E-state index is 12.2. The van der Waals surface area contributed by atoms with Crippen molar-refractivity contribution < 1.29 is 4.79 Å². The van der Waals surface area contributed by atoms with Crippen LogP contribution in [0, 0.1) is 13.8 Å². The molecule has 4 nitrogen and oxygen atoms in total. The van der Waals surface area contributed by atoms with Crippen molar-refractivity contribution >= 4 is 11.6 Å². The SMILES string of the molecule is Cc1cccc(C)c1NCC(=O)NCC1NCCc2ccccc21. The van der Waals surface area contributed by atoms with Gasteiger partial charge in [0, 0.05) is 18.3 Å². The van der Waals surface area contributed by atoms with Crippen LogP contribution >= 0.6 is 0 Å². The Morgan fingerprint density at radius 3 is 2.67 bits per heavy atom. The molecule has 1 aliphatic rings. The number of fused-ring (bicyclic) bond motifs is 1. The summed E-state index contributed by atoms with van der Waals surface area (Å²) >= 11 is 0. The molecule has 0 spiro atoms. The third-order valence-corrected chi connectivity index (χ3v) is 4.63. The zero-order valence-corrected chi connectivity index (χ0v) is 14.4. The van der Waals surface area contributed by atoms with Gasteiger partial charge in [0.1, 0.15) is 0 Å². The number of para-hydroxylation sites is 1. The summed E-state index contributed by atoms with van der Waals surface area (Å²) < 4.78 is 0. The van der Waals surface area contributed by atoms with E-state index < -0.39 is 0 Å². The molecule has 4 heteroatoms. The summed E-state index contributed by atoms with van der Waals surface area (Å²) in [5, 5.41) is 9.78. The van der Waals surface area contributed by atoms with Crippen molar-refractivity contribution in [3.8, 4) is 0 Å². The second-order valence-electron chi connectivity index (χ2n) is 6.38. The smallest absolute Gasteiger partial charge is 0.239 e. The van der Waals surface area contributed by atoms with Crippen LogP contribution in [0.2, 0.25) is 0 Å². The van der Waals surface area contributed by atoms with Gasteiger partial charge >= 0.3 is 0 Å².